The van der Waals surface area contributed by atoms with E-state index in [9.17, 15) is 0 Å². The smallest absolute Gasteiger partial charge is 0.223 e. The summed E-state index contributed by atoms with van der Waals surface area (Å²) in [6.45, 7) is 0.551. The summed E-state index contributed by atoms with van der Waals surface area (Å²) in [6.07, 6.45) is 0.551. The molecule has 0 aliphatic rings. The van der Waals surface area contributed by atoms with Crippen molar-refractivity contribution in [2.75, 3.05) is 24.2 Å². The van der Waals surface area contributed by atoms with Gasteiger partial charge in [0.1, 0.15) is 0 Å². The van der Waals surface area contributed by atoms with E-state index in [2.05, 4.69) is 25.5 Å². The van der Waals surface area contributed by atoms with Gasteiger partial charge in [-0.05, 0) is 30.7 Å². The summed E-state index contributed by atoms with van der Waals surface area (Å²) in [7, 11) is 0. The van der Waals surface area contributed by atoms with E-state index >= 15 is 0 Å². The first kappa shape index (κ1) is 16.4. The van der Waals surface area contributed by atoms with E-state index < -0.39 is 0 Å². The number of anilines is 2. The first-order chi connectivity index (χ1) is 10.6. The van der Waals surface area contributed by atoms with Crippen molar-refractivity contribution in [1.82, 2.24) is 9.97 Å². The summed E-state index contributed by atoms with van der Waals surface area (Å²) in [4.78, 5) is 7.90. The minimum Gasteiger partial charge on any atom is -0.396 e. The van der Waals surface area contributed by atoms with Crippen LogP contribution in [0.4, 0.5) is 23.1 Å². The van der Waals surface area contributed by atoms with E-state index in [1.54, 1.807) is 24.3 Å². The molecule has 0 amide bonds. The van der Waals surface area contributed by atoms with Crippen molar-refractivity contribution in [2.45, 2.75) is 6.42 Å². The van der Waals surface area contributed by atoms with E-state index in [1.165, 1.54) is 0 Å². The van der Waals surface area contributed by atoms with E-state index in [-0.39, 0.29) is 23.4 Å². The number of hydrogen-bond donors (Lipinski definition) is 3. The molecular weight excluding hydrogens is 327 g/mol. The third kappa shape index (κ3) is 4.52. The lowest BCUT2D eigenvalue weighted by Gasteiger charge is -2.08. The molecule has 0 radical (unpaired) electrons. The van der Waals surface area contributed by atoms with Crippen molar-refractivity contribution in [3.05, 3.63) is 34.4 Å². The van der Waals surface area contributed by atoms with Crippen LogP contribution in [0.5, 0.6) is 0 Å². The number of halogens is 2. The van der Waals surface area contributed by atoms with Gasteiger partial charge in [-0.2, -0.15) is 15.1 Å². The van der Waals surface area contributed by atoms with Crippen molar-refractivity contribution in [1.29, 1.82) is 0 Å². The fourth-order valence-electron chi connectivity index (χ4n) is 1.56. The minimum atomic E-state index is 0.0296. The molecule has 116 valence electrons. The lowest BCUT2D eigenvalue weighted by Crippen LogP contribution is -2.07. The van der Waals surface area contributed by atoms with Crippen LogP contribution in [-0.4, -0.2) is 28.2 Å². The predicted octanol–water partition coefficient (Wildman–Crippen LogP) is 3.58. The quantitative estimate of drug-likeness (QED) is 0.423. The number of nitrogens with one attached hydrogen (secondary N) is 1. The second-order valence-electron chi connectivity index (χ2n) is 4.25. The van der Waals surface area contributed by atoms with Crippen LogP contribution >= 0.6 is 23.2 Å². The molecule has 2 rings (SSSR count). The van der Waals surface area contributed by atoms with Gasteiger partial charge in [-0.15, -0.1) is 5.11 Å². The first-order valence-electron chi connectivity index (χ1n) is 6.45. The molecule has 9 heteroatoms. The molecule has 0 saturated heterocycles. The van der Waals surface area contributed by atoms with Gasteiger partial charge >= 0.3 is 0 Å². The number of rotatable bonds is 6. The highest BCUT2D eigenvalue weighted by atomic mass is 35.5. The molecule has 7 nitrogen and oxygen atoms in total. The van der Waals surface area contributed by atoms with Crippen molar-refractivity contribution in [2.24, 2.45) is 10.2 Å². The Labute approximate surface area is 137 Å². The van der Waals surface area contributed by atoms with Crippen molar-refractivity contribution in [3.63, 3.8) is 0 Å². The number of aromatic nitrogens is 2. The summed E-state index contributed by atoms with van der Waals surface area (Å²) in [5.41, 5.74) is 6.46. The number of benzene rings is 1. The Morgan fingerprint density at radius 2 is 1.86 bits per heavy atom. The third-order valence-electron chi connectivity index (χ3n) is 2.58. The Balaban J connectivity index is 2.26. The van der Waals surface area contributed by atoms with Crippen LogP contribution in [-0.2, 0) is 0 Å². The van der Waals surface area contributed by atoms with Crippen LogP contribution < -0.4 is 11.1 Å². The Morgan fingerprint density at radius 1 is 1.14 bits per heavy atom. The largest absolute Gasteiger partial charge is 0.396 e. The second-order valence-corrected chi connectivity index (χ2v) is 5.04. The Kier molecular flexibility index (Phi) is 5.88. The van der Waals surface area contributed by atoms with Gasteiger partial charge in [0.2, 0.25) is 5.95 Å². The van der Waals surface area contributed by atoms with Gasteiger partial charge in [-0.3, -0.25) is 0 Å². The summed E-state index contributed by atoms with van der Waals surface area (Å²) < 4.78 is 0. The highest BCUT2D eigenvalue weighted by molar-refractivity contribution is 6.32. The number of nitrogens with two attached hydrogens (primary N) is 1. The van der Waals surface area contributed by atoms with E-state index in [1.807, 2.05) is 0 Å². The maximum atomic E-state index is 8.82. The maximum Gasteiger partial charge on any atom is 0.223 e. The van der Waals surface area contributed by atoms with E-state index in [0.29, 0.717) is 29.5 Å². The van der Waals surface area contributed by atoms with Crippen LogP contribution in [0.25, 0.3) is 0 Å². The molecular formula is C13H14Cl2N6O. The summed E-state index contributed by atoms with van der Waals surface area (Å²) in [5.74, 6) is 0.394. The molecule has 0 saturated carbocycles. The van der Waals surface area contributed by atoms with Crippen molar-refractivity contribution >= 4 is 46.3 Å². The summed E-state index contributed by atoms with van der Waals surface area (Å²) in [6, 6.07) is 6.85. The molecule has 0 spiro atoms. The number of aliphatic hydroxyl groups is 1. The van der Waals surface area contributed by atoms with Gasteiger partial charge in [0.25, 0.3) is 0 Å². The number of nitrogen functional groups attached to an aromatic ring is 1. The predicted molar refractivity (Wildman–Crippen MR) is 87.3 cm³/mol. The molecule has 2 aromatic rings. The number of aliphatic hydroxyl groups excluding tert-OH is 1. The van der Waals surface area contributed by atoms with Crippen molar-refractivity contribution in [3.8, 4) is 0 Å². The van der Waals surface area contributed by atoms with Crippen LogP contribution in [0.15, 0.2) is 34.5 Å². The molecule has 0 aliphatic carbocycles. The van der Waals surface area contributed by atoms with Gasteiger partial charge < -0.3 is 16.2 Å². The average molecular weight is 341 g/mol. The zero-order valence-electron chi connectivity index (χ0n) is 11.5. The van der Waals surface area contributed by atoms with Crippen LogP contribution in [0.1, 0.15) is 6.42 Å². The molecule has 1 aromatic heterocycles. The third-order valence-corrected chi connectivity index (χ3v) is 3.09. The average Bonchev–Trinajstić information content (AvgIpc) is 2.48. The van der Waals surface area contributed by atoms with Gasteiger partial charge in [0.05, 0.1) is 5.69 Å². The summed E-state index contributed by atoms with van der Waals surface area (Å²) >= 11 is 11.9. The molecule has 1 heterocycles. The fraction of sp³-hybridized carbons (Fsp3) is 0.231. The summed E-state index contributed by atoms with van der Waals surface area (Å²) in [5, 5.41) is 20.7. The standard InChI is InChI=1S/C13H14Cl2N6O/c14-8-2-4-9(5-3-8)20-21-10-11(15)18-13(16)19-12(10)17-6-1-7-22/h2-5,22H,1,6-7H2,(H3,16,17,18,19)/b21-20+. The Hall–Kier alpha value is -1.96. The zero-order chi connectivity index (χ0) is 15.9. The molecule has 0 atom stereocenters. The second kappa shape index (κ2) is 7.88. The molecule has 0 unspecified atom stereocenters. The number of hydrogen-bond acceptors (Lipinski definition) is 7. The lowest BCUT2D eigenvalue weighted by molar-refractivity contribution is 0.292. The minimum absolute atomic E-state index is 0.0296. The van der Waals surface area contributed by atoms with Gasteiger partial charge in [-0.1, -0.05) is 23.2 Å². The molecule has 0 fully saturated rings. The Morgan fingerprint density at radius 3 is 2.55 bits per heavy atom. The van der Waals surface area contributed by atoms with E-state index in [0.717, 1.165) is 0 Å². The molecule has 22 heavy (non-hydrogen) atoms. The zero-order valence-corrected chi connectivity index (χ0v) is 13.0. The number of nitrogens with zero attached hydrogens (tertiary/aromatic N) is 4. The van der Waals surface area contributed by atoms with Crippen LogP contribution in [0.3, 0.4) is 0 Å². The number of azo groups is 1. The molecule has 4 N–H and O–H groups in total. The highest BCUT2D eigenvalue weighted by Gasteiger charge is 2.11. The van der Waals surface area contributed by atoms with E-state index in [4.69, 9.17) is 34.0 Å². The molecule has 1 aromatic carbocycles. The van der Waals surface area contributed by atoms with Crippen LogP contribution in [0, 0.1) is 0 Å². The van der Waals surface area contributed by atoms with Gasteiger partial charge in [0, 0.05) is 18.2 Å². The SMILES string of the molecule is Nc1nc(Cl)c(/N=N/c2ccc(Cl)cc2)c(NCCCO)n1. The molecule has 0 aliphatic heterocycles. The maximum absolute atomic E-state index is 8.82. The Bertz CT molecular complexity index is 662. The van der Waals surface area contributed by atoms with Gasteiger partial charge in [0.15, 0.2) is 16.7 Å². The fourth-order valence-corrected chi connectivity index (χ4v) is 1.90. The lowest BCUT2D eigenvalue weighted by atomic mass is 10.3. The molecule has 0 bridgehead atoms. The van der Waals surface area contributed by atoms with Gasteiger partial charge in [-0.25, -0.2) is 0 Å². The topological polar surface area (TPSA) is 109 Å². The van der Waals surface area contributed by atoms with Crippen molar-refractivity contribution < 1.29 is 5.11 Å². The normalized spacial score (nSPS) is 11.0. The highest BCUT2D eigenvalue weighted by Crippen LogP contribution is 2.32. The first-order valence-corrected chi connectivity index (χ1v) is 7.21. The monoisotopic (exact) mass is 340 g/mol. The van der Waals surface area contributed by atoms with Crippen LogP contribution in [0.2, 0.25) is 10.2 Å².